The Morgan fingerprint density at radius 2 is 2.31 bits per heavy atom. The summed E-state index contributed by atoms with van der Waals surface area (Å²) in [5, 5.41) is -0.587. The fourth-order valence-electron chi connectivity index (χ4n) is 1.03. The molecule has 0 aliphatic rings. The molecule has 0 unspecified atom stereocenters. The first-order valence-electron chi connectivity index (χ1n) is 4.61. The third-order valence-electron chi connectivity index (χ3n) is 1.77. The highest BCUT2D eigenvalue weighted by Crippen LogP contribution is 2.09. The third kappa shape index (κ3) is 3.29. The topological polar surface area (TPSA) is 59.1 Å². The highest BCUT2D eigenvalue weighted by molar-refractivity contribution is 7.89. The minimum Gasteiger partial charge on any atom is -0.241 e. The Kier molecular flexibility index (Phi) is 4.40. The van der Waals surface area contributed by atoms with Gasteiger partial charge in [0, 0.05) is 19.2 Å². The molecule has 0 spiro atoms. The van der Waals surface area contributed by atoms with Crippen molar-refractivity contribution < 1.29 is 12.8 Å². The van der Waals surface area contributed by atoms with Crippen LogP contribution in [0.15, 0.2) is 23.4 Å². The molecule has 86 valence electrons. The maximum absolute atomic E-state index is 13.1. The zero-order chi connectivity index (χ0) is 12.0. The molecule has 0 bridgehead atoms. The fourth-order valence-corrected chi connectivity index (χ4v) is 2.11. The summed E-state index contributed by atoms with van der Waals surface area (Å²) in [6.07, 6.45) is 7.20. The number of pyridine rings is 1. The van der Waals surface area contributed by atoms with Crippen LogP contribution in [0, 0.1) is 18.2 Å². The van der Waals surface area contributed by atoms with Crippen molar-refractivity contribution in [2.45, 2.75) is 17.9 Å². The summed E-state index contributed by atoms with van der Waals surface area (Å²) in [7, 11) is -3.88. The smallest absolute Gasteiger partial charge is 0.241 e. The van der Waals surface area contributed by atoms with Gasteiger partial charge in [-0.25, -0.2) is 22.5 Å². The summed E-state index contributed by atoms with van der Waals surface area (Å²) in [6.45, 7) is 0.169. The van der Waals surface area contributed by atoms with E-state index in [1.54, 1.807) is 0 Å². The first kappa shape index (κ1) is 12.6. The molecule has 0 saturated heterocycles. The molecular formula is C10H11FN2O2S. The monoisotopic (exact) mass is 242 g/mol. The van der Waals surface area contributed by atoms with Crippen molar-refractivity contribution in [1.29, 1.82) is 0 Å². The van der Waals surface area contributed by atoms with E-state index in [2.05, 4.69) is 15.6 Å². The molecule has 0 radical (unpaired) electrons. The van der Waals surface area contributed by atoms with Crippen molar-refractivity contribution in [3.05, 3.63) is 24.1 Å². The number of hydrogen-bond donors (Lipinski definition) is 1. The van der Waals surface area contributed by atoms with Gasteiger partial charge in [-0.3, -0.25) is 0 Å². The molecule has 1 heterocycles. The van der Waals surface area contributed by atoms with Gasteiger partial charge >= 0.3 is 0 Å². The number of rotatable bonds is 5. The Bertz CT molecular complexity index is 494. The Morgan fingerprint density at radius 3 is 2.94 bits per heavy atom. The van der Waals surface area contributed by atoms with Gasteiger partial charge in [-0.15, -0.1) is 12.3 Å². The second-order valence-electron chi connectivity index (χ2n) is 3.00. The van der Waals surface area contributed by atoms with Crippen LogP contribution in [0.5, 0.6) is 0 Å². The lowest BCUT2D eigenvalue weighted by atomic mass is 10.3. The predicted octanol–water partition coefficient (Wildman–Crippen LogP) is 0.912. The predicted molar refractivity (Wildman–Crippen MR) is 57.5 cm³/mol. The maximum atomic E-state index is 13.1. The lowest BCUT2D eigenvalue weighted by Gasteiger charge is -2.05. The van der Waals surface area contributed by atoms with Crippen molar-refractivity contribution in [3.63, 3.8) is 0 Å². The van der Waals surface area contributed by atoms with E-state index in [1.807, 2.05) is 0 Å². The van der Waals surface area contributed by atoms with Gasteiger partial charge in [-0.05, 0) is 18.6 Å². The molecule has 0 aromatic carbocycles. The van der Waals surface area contributed by atoms with E-state index >= 15 is 0 Å². The van der Waals surface area contributed by atoms with Crippen LogP contribution in [0.4, 0.5) is 4.39 Å². The molecule has 0 aliphatic heterocycles. The molecular weight excluding hydrogens is 231 g/mol. The minimum atomic E-state index is -3.88. The van der Waals surface area contributed by atoms with E-state index in [0.717, 1.165) is 6.07 Å². The molecule has 0 amide bonds. The fraction of sp³-hybridized carbons (Fsp3) is 0.300. The lowest BCUT2D eigenvalue weighted by Crippen LogP contribution is -2.26. The summed E-state index contributed by atoms with van der Waals surface area (Å²) < 4.78 is 38.5. The highest BCUT2D eigenvalue weighted by Gasteiger charge is 2.19. The molecule has 4 nitrogen and oxygen atoms in total. The van der Waals surface area contributed by atoms with Crippen LogP contribution >= 0.6 is 0 Å². The second kappa shape index (κ2) is 5.58. The SMILES string of the molecule is C#CCCCNS(=O)(=O)c1ncccc1F. The van der Waals surface area contributed by atoms with Crippen molar-refractivity contribution in [2.75, 3.05) is 6.54 Å². The van der Waals surface area contributed by atoms with Crippen LogP contribution in [0.25, 0.3) is 0 Å². The quantitative estimate of drug-likeness (QED) is 0.617. The lowest BCUT2D eigenvalue weighted by molar-refractivity contribution is 0.543. The van der Waals surface area contributed by atoms with Gasteiger partial charge < -0.3 is 0 Å². The number of halogens is 1. The van der Waals surface area contributed by atoms with Crippen LogP contribution in [0.1, 0.15) is 12.8 Å². The Balaban J connectivity index is 2.72. The van der Waals surface area contributed by atoms with Crippen LogP contribution in [-0.2, 0) is 10.0 Å². The summed E-state index contributed by atoms with van der Waals surface area (Å²) in [5.74, 6) is 1.51. The Labute approximate surface area is 94.0 Å². The summed E-state index contributed by atoms with van der Waals surface area (Å²) >= 11 is 0. The molecule has 0 atom stereocenters. The largest absolute Gasteiger partial charge is 0.261 e. The van der Waals surface area contributed by atoms with Crippen LogP contribution in [-0.4, -0.2) is 19.9 Å². The second-order valence-corrected chi connectivity index (χ2v) is 4.68. The van der Waals surface area contributed by atoms with E-state index in [9.17, 15) is 12.8 Å². The van der Waals surface area contributed by atoms with Crippen molar-refractivity contribution >= 4 is 10.0 Å². The number of hydrogen-bond acceptors (Lipinski definition) is 3. The van der Waals surface area contributed by atoms with Gasteiger partial charge in [0.1, 0.15) is 0 Å². The molecule has 16 heavy (non-hydrogen) atoms. The summed E-state index contributed by atoms with van der Waals surface area (Å²) in [4.78, 5) is 3.48. The van der Waals surface area contributed by atoms with Gasteiger partial charge in [0.15, 0.2) is 5.82 Å². The molecule has 0 aliphatic carbocycles. The number of sulfonamides is 1. The maximum Gasteiger partial charge on any atom is 0.261 e. The van der Waals surface area contributed by atoms with Crippen molar-refractivity contribution in [2.24, 2.45) is 0 Å². The number of aromatic nitrogens is 1. The molecule has 0 saturated carbocycles. The third-order valence-corrected chi connectivity index (χ3v) is 3.16. The Morgan fingerprint density at radius 1 is 1.56 bits per heavy atom. The normalized spacial score (nSPS) is 11.0. The van der Waals surface area contributed by atoms with Gasteiger partial charge in [-0.2, -0.15) is 0 Å². The van der Waals surface area contributed by atoms with Crippen molar-refractivity contribution in [1.82, 2.24) is 9.71 Å². The van der Waals surface area contributed by atoms with Crippen LogP contribution in [0.2, 0.25) is 0 Å². The average Bonchev–Trinajstić information content (AvgIpc) is 2.25. The van der Waals surface area contributed by atoms with Crippen LogP contribution < -0.4 is 4.72 Å². The van der Waals surface area contributed by atoms with E-state index in [0.29, 0.717) is 12.8 Å². The first-order valence-corrected chi connectivity index (χ1v) is 6.10. The molecule has 0 fully saturated rings. The highest BCUT2D eigenvalue weighted by atomic mass is 32.2. The Hall–Kier alpha value is -1.45. The minimum absolute atomic E-state index is 0.169. The molecule has 1 aromatic heterocycles. The zero-order valence-electron chi connectivity index (χ0n) is 8.48. The number of nitrogens with one attached hydrogen (secondary N) is 1. The van der Waals surface area contributed by atoms with E-state index in [4.69, 9.17) is 6.42 Å². The van der Waals surface area contributed by atoms with Gasteiger partial charge in [0.2, 0.25) is 5.03 Å². The molecule has 6 heteroatoms. The van der Waals surface area contributed by atoms with Gasteiger partial charge in [0.05, 0.1) is 0 Å². The van der Waals surface area contributed by atoms with Gasteiger partial charge in [0.25, 0.3) is 10.0 Å². The van der Waals surface area contributed by atoms with E-state index in [1.165, 1.54) is 12.3 Å². The van der Waals surface area contributed by atoms with E-state index in [-0.39, 0.29) is 6.54 Å². The van der Waals surface area contributed by atoms with Crippen LogP contribution in [0.3, 0.4) is 0 Å². The average molecular weight is 242 g/mol. The van der Waals surface area contributed by atoms with Gasteiger partial charge in [-0.1, -0.05) is 0 Å². The number of terminal acetylenes is 1. The summed E-state index contributed by atoms with van der Waals surface area (Å²) in [6, 6.07) is 2.37. The van der Waals surface area contributed by atoms with E-state index < -0.39 is 20.9 Å². The standard InChI is InChI=1S/C10H11FN2O2S/c1-2-3-4-8-13-16(14,15)10-9(11)6-5-7-12-10/h1,5-7,13H,3-4,8H2. The molecule has 1 aromatic rings. The number of unbranched alkanes of at least 4 members (excludes halogenated alkanes) is 1. The number of nitrogens with zero attached hydrogens (tertiary/aromatic N) is 1. The zero-order valence-corrected chi connectivity index (χ0v) is 9.30. The molecule has 1 rings (SSSR count). The molecule has 1 N–H and O–H groups in total. The first-order chi connectivity index (χ1) is 7.58. The summed E-state index contributed by atoms with van der Waals surface area (Å²) in [5.41, 5.74) is 0. The van der Waals surface area contributed by atoms with Crippen molar-refractivity contribution in [3.8, 4) is 12.3 Å².